The highest BCUT2D eigenvalue weighted by Crippen LogP contribution is 2.38. The van der Waals surface area contributed by atoms with Crippen molar-refractivity contribution in [2.24, 2.45) is 0 Å². The summed E-state index contributed by atoms with van der Waals surface area (Å²) in [6.45, 7) is 0. The van der Waals surface area contributed by atoms with E-state index in [9.17, 15) is 4.79 Å². The van der Waals surface area contributed by atoms with Crippen LogP contribution in [0.15, 0.2) is 12.1 Å². The van der Waals surface area contributed by atoms with Crippen LogP contribution in [-0.2, 0) is 0 Å². The fourth-order valence-corrected chi connectivity index (χ4v) is 2.55. The highest BCUT2D eigenvalue weighted by Gasteiger charge is 2.21. The summed E-state index contributed by atoms with van der Waals surface area (Å²) in [5, 5.41) is 3.04. The first-order chi connectivity index (χ1) is 9.69. The standard InChI is InChI=1S/C15H21NO4/c1-18-12-8-10(9-13(19-2)14(12)20-3)15(17)16-11-6-4-5-7-11/h8-9,11H,4-7H2,1-3H3,(H,16,17). The SMILES string of the molecule is COc1cc(C(=O)NC2CCCC2)cc(OC)c1OC. The van der Waals surface area contributed by atoms with Crippen LogP contribution in [0.5, 0.6) is 17.2 Å². The summed E-state index contributed by atoms with van der Waals surface area (Å²) < 4.78 is 15.8. The molecule has 1 saturated carbocycles. The summed E-state index contributed by atoms with van der Waals surface area (Å²) in [5.74, 6) is 1.37. The number of benzene rings is 1. The lowest BCUT2D eigenvalue weighted by molar-refractivity contribution is 0.0937. The van der Waals surface area contributed by atoms with Gasteiger partial charge in [0, 0.05) is 11.6 Å². The Morgan fingerprint density at radius 2 is 1.60 bits per heavy atom. The summed E-state index contributed by atoms with van der Waals surface area (Å²) in [6.07, 6.45) is 4.47. The third-order valence-electron chi connectivity index (χ3n) is 3.62. The lowest BCUT2D eigenvalue weighted by atomic mass is 10.1. The molecule has 1 aromatic rings. The molecule has 0 bridgehead atoms. The van der Waals surface area contributed by atoms with Crippen LogP contribution < -0.4 is 19.5 Å². The van der Waals surface area contributed by atoms with Gasteiger partial charge in [0.25, 0.3) is 5.91 Å². The highest BCUT2D eigenvalue weighted by atomic mass is 16.5. The highest BCUT2D eigenvalue weighted by molar-refractivity contribution is 5.95. The zero-order chi connectivity index (χ0) is 14.5. The van der Waals surface area contributed by atoms with Crippen molar-refractivity contribution in [3.8, 4) is 17.2 Å². The number of hydrogen-bond donors (Lipinski definition) is 1. The number of carbonyl (C=O) groups is 1. The lowest BCUT2D eigenvalue weighted by Gasteiger charge is -2.16. The van der Waals surface area contributed by atoms with Crippen molar-refractivity contribution < 1.29 is 19.0 Å². The number of ether oxygens (including phenoxy) is 3. The van der Waals surface area contributed by atoms with Gasteiger partial charge in [-0.05, 0) is 25.0 Å². The van der Waals surface area contributed by atoms with Gasteiger partial charge in [0.1, 0.15) is 0 Å². The van der Waals surface area contributed by atoms with Crippen molar-refractivity contribution >= 4 is 5.91 Å². The second-order valence-electron chi connectivity index (χ2n) is 4.87. The first kappa shape index (κ1) is 14.5. The van der Waals surface area contributed by atoms with Gasteiger partial charge in [-0.3, -0.25) is 4.79 Å². The smallest absolute Gasteiger partial charge is 0.251 e. The molecule has 0 heterocycles. The number of amides is 1. The molecular formula is C15H21NO4. The number of methoxy groups -OCH3 is 3. The van der Waals surface area contributed by atoms with Crippen molar-refractivity contribution in [1.82, 2.24) is 5.32 Å². The predicted octanol–water partition coefficient (Wildman–Crippen LogP) is 2.38. The second-order valence-corrected chi connectivity index (χ2v) is 4.87. The monoisotopic (exact) mass is 279 g/mol. The molecule has 2 rings (SSSR count). The molecule has 1 N–H and O–H groups in total. The normalized spacial score (nSPS) is 14.9. The van der Waals surface area contributed by atoms with Crippen molar-refractivity contribution in [3.63, 3.8) is 0 Å². The molecule has 20 heavy (non-hydrogen) atoms. The van der Waals surface area contributed by atoms with E-state index in [0.717, 1.165) is 12.8 Å². The van der Waals surface area contributed by atoms with Gasteiger partial charge in [-0.2, -0.15) is 0 Å². The lowest BCUT2D eigenvalue weighted by Crippen LogP contribution is -2.32. The molecule has 5 nitrogen and oxygen atoms in total. The number of nitrogens with one attached hydrogen (secondary N) is 1. The van der Waals surface area contributed by atoms with Gasteiger partial charge in [-0.15, -0.1) is 0 Å². The fraction of sp³-hybridized carbons (Fsp3) is 0.533. The van der Waals surface area contributed by atoms with Crippen LogP contribution in [0.3, 0.4) is 0 Å². The number of carbonyl (C=O) groups excluding carboxylic acids is 1. The Balaban J connectivity index is 2.24. The minimum absolute atomic E-state index is 0.101. The first-order valence-electron chi connectivity index (χ1n) is 6.80. The topological polar surface area (TPSA) is 56.8 Å². The van der Waals surface area contributed by atoms with E-state index in [2.05, 4.69) is 5.32 Å². The average molecular weight is 279 g/mol. The summed E-state index contributed by atoms with van der Waals surface area (Å²) in [4.78, 5) is 12.3. The molecule has 1 fully saturated rings. The molecule has 1 aromatic carbocycles. The summed E-state index contributed by atoms with van der Waals surface area (Å²) >= 11 is 0. The molecule has 110 valence electrons. The molecule has 5 heteroatoms. The minimum Gasteiger partial charge on any atom is -0.493 e. The van der Waals surface area contributed by atoms with E-state index in [1.807, 2.05) is 0 Å². The van der Waals surface area contributed by atoms with Crippen LogP contribution in [-0.4, -0.2) is 33.3 Å². The second kappa shape index (κ2) is 6.50. The van der Waals surface area contributed by atoms with Crippen molar-refractivity contribution in [2.75, 3.05) is 21.3 Å². The van der Waals surface area contributed by atoms with E-state index in [-0.39, 0.29) is 11.9 Å². The maximum Gasteiger partial charge on any atom is 0.251 e. The molecular weight excluding hydrogens is 258 g/mol. The molecule has 0 saturated heterocycles. The predicted molar refractivity (Wildman–Crippen MR) is 75.8 cm³/mol. The molecule has 0 aliphatic heterocycles. The van der Waals surface area contributed by atoms with Crippen LogP contribution in [0.25, 0.3) is 0 Å². The molecule has 0 atom stereocenters. The largest absolute Gasteiger partial charge is 0.493 e. The molecule has 0 radical (unpaired) electrons. The molecule has 0 unspecified atom stereocenters. The van der Waals surface area contributed by atoms with Gasteiger partial charge in [-0.1, -0.05) is 12.8 Å². The molecule has 0 aromatic heterocycles. The van der Waals surface area contributed by atoms with Gasteiger partial charge in [0.05, 0.1) is 21.3 Å². The van der Waals surface area contributed by atoms with Crippen molar-refractivity contribution in [3.05, 3.63) is 17.7 Å². The van der Waals surface area contributed by atoms with Gasteiger partial charge < -0.3 is 19.5 Å². The minimum atomic E-state index is -0.101. The third kappa shape index (κ3) is 2.98. The van der Waals surface area contributed by atoms with Crippen LogP contribution in [0.4, 0.5) is 0 Å². The Morgan fingerprint density at radius 1 is 1.05 bits per heavy atom. The maximum atomic E-state index is 12.3. The Kier molecular flexibility index (Phi) is 4.71. The van der Waals surface area contributed by atoms with Gasteiger partial charge in [0.15, 0.2) is 11.5 Å². The molecule has 1 aliphatic rings. The van der Waals surface area contributed by atoms with Gasteiger partial charge >= 0.3 is 0 Å². The van der Waals surface area contributed by atoms with Crippen molar-refractivity contribution in [2.45, 2.75) is 31.7 Å². The van der Waals surface area contributed by atoms with Crippen LogP contribution in [0.1, 0.15) is 36.0 Å². The Hall–Kier alpha value is -1.91. The van der Waals surface area contributed by atoms with E-state index in [4.69, 9.17) is 14.2 Å². The number of hydrogen-bond acceptors (Lipinski definition) is 4. The van der Waals surface area contributed by atoms with Gasteiger partial charge in [-0.25, -0.2) is 0 Å². The Morgan fingerprint density at radius 3 is 2.05 bits per heavy atom. The quantitative estimate of drug-likeness (QED) is 0.899. The summed E-state index contributed by atoms with van der Waals surface area (Å²) in [6, 6.07) is 3.62. The van der Waals surface area contributed by atoms with Crippen LogP contribution in [0.2, 0.25) is 0 Å². The Labute approximate surface area is 119 Å². The van der Waals surface area contributed by atoms with E-state index >= 15 is 0 Å². The van der Waals surface area contributed by atoms with Crippen molar-refractivity contribution in [1.29, 1.82) is 0 Å². The summed E-state index contributed by atoms with van der Waals surface area (Å²) in [7, 11) is 4.62. The number of rotatable bonds is 5. The third-order valence-corrected chi connectivity index (χ3v) is 3.62. The summed E-state index contributed by atoms with van der Waals surface area (Å²) in [5.41, 5.74) is 0.520. The van der Waals surface area contributed by atoms with E-state index in [1.54, 1.807) is 19.2 Å². The molecule has 0 spiro atoms. The van der Waals surface area contributed by atoms with E-state index in [0.29, 0.717) is 22.8 Å². The average Bonchev–Trinajstić information content (AvgIpc) is 2.98. The Bertz CT molecular complexity index is 456. The van der Waals surface area contributed by atoms with E-state index in [1.165, 1.54) is 27.1 Å². The fourth-order valence-electron chi connectivity index (χ4n) is 2.55. The van der Waals surface area contributed by atoms with E-state index < -0.39 is 0 Å². The molecule has 1 amide bonds. The first-order valence-corrected chi connectivity index (χ1v) is 6.80. The van der Waals surface area contributed by atoms with Crippen LogP contribution in [0, 0.1) is 0 Å². The maximum absolute atomic E-state index is 12.3. The van der Waals surface area contributed by atoms with Crippen LogP contribution >= 0.6 is 0 Å². The van der Waals surface area contributed by atoms with Gasteiger partial charge in [0.2, 0.25) is 5.75 Å². The zero-order valence-electron chi connectivity index (χ0n) is 12.2. The zero-order valence-corrected chi connectivity index (χ0v) is 12.2. The molecule has 1 aliphatic carbocycles.